The number of hydrogen-bond donors (Lipinski definition) is 5. The predicted molar refractivity (Wildman–Crippen MR) is 170 cm³/mol. The lowest BCUT2D eigenvalue weighted by molar-refractivity contribution is -0.137. The van der Waals surface area contributed by atoms with Crippen LogP contribution in [0.2, 0.25) is 0 Å². The lowest BCUT2D eigenvalue weighted by Crippen LogP contribution is -2.49. The summed E-state index contributed by atoms with van der Waals surface area (Å²) in [6.07, 6.45) is 6.90. The Kier molecular flexibility index (Phi) is 10.2. The van der Waals surface area contributed by atoms with Gasteiger partial charge in [-0.25, -0.2) is 0 Å². The van der Waals surface area contributed by atoms with Gasteiger partial charge in [-0.3, -0.25) is 19.3 Å². The van der Waals surface area contributed by atoms with Crippen molar-refractivity contribution >= 4 is 34.8 Å². The topological polar surface area (TPSA) is 152 Å². The fourth-order valence-corrected chi connectivity index (χ4v) is 6.59. The second-order valence-electron chi connectivity index (χ2n) is 12.0. The zero-order valence-corrected chi connectivity index (χ0v) is 26.0. The summed E-state index contributed by atoms with van der Waals surface area (Å²) in [5.74, 6) is -0.819. The molecule has 2 aromatic rings. The third kappa shape index (κ3) is 6.48. The summed E-state index contributed by atoms with van der Waals surface area (Å²) in [6.45, 7) is 5.34. The second kappa shape index (κ2) is 14.1. The van der Waals surface area contributed by atoms with E-state index in [0.29, 0.717) is 60.9 Å². The molecule has 0 saturated carbocycles. The van der Waals surface area contributed by atoms with E-state index in [1.807, 2.05) is 25.1 Å². The van der Waals surface area contributed by atoms with Gasteiger partial charge in [0, 0.05) is 42.4 Å². The van der Waals surface area contributed by atoms with Crippen LogP contribution in [0.1, 0.15) is 57.1 Å². The monoisotopic (exact) mass is 620 g/mol. The first kappa shape index (κ1) is 32.6. The number of likely N-dealkylation sites (tertiary alicyclic amines) is 1. The van der Waals surface area contributed by atoms with Gasteiger partial charge in [-0.1, -0.05) is 19.1 Å². The average Bonchev–Trinajstić information content (AvgIpc) is 3.62. The molecule has 3 aliphatic rings. The van der Waals surface area contributed by atoms with Crippen LogP contribution in [0.5, 0.6) is 5.75 Å². The standard InChI is InChI=1S/C34H44N4O7/c1-3-45-26-12-14-30-23(18-26)19-29(35-15-4-5-17-39)32(42)38(30)24-11-13-28-27(20-24)34(44,33(43)36-28)22(2)8-6-10-31(41)37-16-7-9-25(37)21-40/h6,8,11-14,18,20,22,25,29,35,39-40,44H,3-5,7,9-10,15-17,19,21H2,1-2H3,(H,36,43)/b8-6+/t22-,25+,29?,34+/m1/s1. The number of rotatable bonds is 13. The number of nitrogens with zero attached hydrogens (tertiary/aromatic N) is 2. The first-order valence-corrected chi connectivity index (χ1v) is 15.9. The molecule has 5 N–H and O–H groups in total. The molecule has 0 aromatic heterocycles. The maximum atomic E-state index is 14.0. The highest BCUT2D eigenvalue weighted by atomic mass is 16.5. The van der Waals surface area contributed by atoms with Gasteiger partial charge in [-0.15, -0.1) is 0 Å². The molecule has 2 aromatic carbocycles. The second-order valence-corrected chi connectivity index (χ2v) is 12.0. The Morgan fingerprint density at radius 1 is 1.20 bits per heavy atom. The summed E-state index contributed by atoms with van der Waals surface area (Å²) in [5, 5.41) is 36.7. The van der Waals surface area contributed by atoms with Crippen molar-refractivity contribution in [3.05, 3.63) is 59.7 Å². The lowest BCUT2D eigenvalue weighted by Gasteiger charge is -2.35. The molecule has 45 heavy (non-hydrogen) atoms. The molecule has 1 fully saturated rings. The molecule has 0 aliphatic carbocycles. The molecule has 1 unspecified atom stereocenters. The quantitative estimate of drug-likeness (QED) is 0.169. The number of aliphatic hydroxyl groups excluding tert-OH is 2. The Morgan fingerprint density at radius 2 is 2.02 bits per heavy atom. The summed E-state index contributed by atoms with van der Waals surface area (Å²) in [5.41, 5.74) is 1.03. The van der Waals surface area contributed by atoms with Gasteiger partial charge in [-0.2, -0.15) is 0 Å². The third-order valence-corrected chi connectivity index (χ3v) is 9.07. The predicted octanol–water partition coefficient (Wildman–Crippen LogP) is 2.74. The normalized spacial score (nSPS) is 23.3. The molecular formula is C34H44N4O7. The number of ether oxygens (including phenoxy) is 1. The first-order valence-electron chi connectivity index (χ1n) is 15.9. The zero-order valence-electron chi connectivity index (χ0n) is 26.0. The van der Waals surface area contributed by atoms with Crippen molar-refractivity contribution in [1.29, 1.82) is 0 Å². The maximum Gasteiger partial charge on any atom is 0.261 e. The van der Waals surface area contributed by atoms with Gasteiger partial charge in [0.2, 0.25) is 11.8 Å². The summed E-state index contributed by atoms with van der Waals surface area (Å²) in [6, 6.07) is 10.1. The van der Waals surface area contributed by atoms with E-state index < -0.39 is 23.5 Å². The average molecular weight is 621 g/mol. The minimum absolute atomic E-state index is 0.0664. The van der Waals surface area contributed by atoms with Gasteiger partial charge >= 0.3 is 0 Å². The number of nitrogens with one attached hydrogen (secondary N) is 2. The van der Waals surface area contributed by atoms with Crippen LogP contribution in [0.25, 0.3) is 0 Å². The van der Waals surface area contributed by atoms with Crippen molar-refractivity contribution in [3.63, 3.8) is 0 Å². The Morgan fingerprint density at radius 3 is 2.78 bits per heavy atom. The lowest BCUT2D eigenvalue weighted by atomic mass is 9.82. The number of fused-ring (bicyclic) bond motifs is 2. The van der Waals surface area contributed by atoms with Crippen molar-refractivity contribution in [2.24, 2.45) is 5.92 Å². The van der Waals surface area contributed by atoms with Gasteiger partial charge in [-0.05, 0) is 87.5 Å². The third-order valence-electron chi connectivity index (χ3n) is 9.07. The number of unbranched alkanes of at least 4 members (excludes halogenated alkanes) is 1. The fourth-order valence-electron chi connectivity index (χ4n) is 6.59. The first-order chi connectivity index (χ1) is 21.7. The summed E-state index contributed by atoms with van der Waals surface area (Å²) >= 11 is 0. The Labute approximate surface area is 263 Å². The van der Waals surface area contributed by atoms with E-state index in [4.69, 9.17) is 4.74 Å². The van der Waals surface area contributed by atoms with Crippen molar-refractivity contribution in [3.8, 4) is 5.75 Å². The van der Waals surface area contributed by atoms with Crippen molar-refractivity contribution < 1.29 is 34.4 Å². The molecule has 0 radical (unpaired) electrons. The van der Waals surface area contributed by atoms with Crippen LogP contribution in [0.3, 0.4) is 0 Å². The largest absolute Gasteiger partial charge is 0.494 e. The Hall–Kier alpha value is -3.77. The van der Waals surface area contributed by atoms with Crippen LogP contribution in [0, 0.1) is 5.92 Å². The highest BCUT2D eigenvalue weighted by Gasteiger charge is 2.49. The van der Waals surface area contributed by atoms with Gasteiger partial charge in [0.1, 0.15) is 5.75 Å². The van der Waals surface area contributed by atoms with Crippen molar-refractivity contribution in [2.45, 2.75) is 70.1 Å². The molecule has 0 bridgehead atoms. The zero-order chi connectivity index (χ0) is 32.1. The molecule has 11 nitrogen and oxygen atoms in total. The minimum Gasteiger partial charge on any atom is -0.494 e. The van der Waals surface area contributed by atoms with E-state index in [-0.39, 0.29) is 37.5 Å². The molecular weight excluding hydrogens is 576 g/mol. The molecule has 4 atom stereocenters. The summed E-state index contributed by atoms with van der Waals surface area (Å²) < 4.78 is 5.73. The van der Waals surface area contributed by atoms with Crippen LogP contribution in [0.15, 0.2) is 48.6 Å². The number of carbonyl (C=O) groups excluding carboxylic acids is 3. The van der Waals surface area contributed by atoms with Crippen molar-refractivity contribution in [2.75, 3.05) is 43.1 Å². The molecule has 3 amide bonds. The van der Waals surface area contributed by atoms with Gasteiger partial charge in [0.25, 0.3) is 5.91 Å². The maximum absolute atomic E-state index is 14.0. The number of benzene rings is 2. The molecule has 1 saturated heterocycles. The highest BCUT2D eigenvalue weighted by molar-refractivity contribution is 6.09. The van der Waals surface area contributed by atoms with Gasteiger partial charge in [0.05, 0.1) is 31.0 Å². The Balaban J connectivity index is 1.42. The van der Waals surface area contributed by atoms with E-state index in [1.54, 1.807) is 47.1 Å². The number of amides is 3. The minimum atomic E-state index is -1.92. The Bertz CT molecular complexity index is 1450. The van der Waals surface area contributed by atoms with Crippen LogP contribution in [0.4, 0.5) is 17.1 Å². The molecule has 5 rings (SSSR count). The van der Waals surface area contributed by atoms with Crippen LogP contribution < -0.4 is 20.3 Å². The molecule has 0 spiro atoms. The SMILES string of the molecule is CCOc1ccc2c(c1)CC(NCCCCO)C(=O)N2c1ccc2c(c1)[C@@](O)([C@H](C)/C=C/CC(=O)N1CCC[C@H]1CO)C(=O)N2. The highest BCUT2D eigenvalue weighted by Crippen LogP contribution is 2.45. The number of hydrogen-bond acceptors (Lipinski definition) is 8. The van der Waals surface area contributed by atoms with E-state index >= 15 is 0 Å². The van der Waals surface area contributed by atoms with E-state index in [9.17, 15) is 29.7 Å². The van der Waals surface area contributed by atoms with Gasteiger partial charge < -0.3 is 35.6 Å². The van der Waals surface area contributed by atoms with Crippen LogP contribution in [-0.4, -0.2) is 82.9 Å². The molecule has 3 heterocycles. The van der Waals surface area contributed by atoms with E-state index in [1.165, 1.54) is 0 Å². The summed E-state index contributed by atoms with van der Waals surface area (Å²) in [4.78, 5) is 43.3. The number of aliphatic hydroxyl groups is 3. The number of carbonyl (C=O) groups is 3. The molecule has 11 heteroatoms. The van der Waals surface area contributed by atoms with Crippen LogP contribution in [-0.2, 0) is 26.4 Å². The van der Waals surface area contributed by atoms with Gasteiger partial charge in [0.15, 0.2) is 5.60 Å². The van der Waals surface area contributed by atoms with E-state index in [0.717, 1.165) is 24.8 Å². The van der Waals surface area contributed by atoms with Crippen LogP contribution >= 0.6 is 0 Å². The van der Waals surface area contributed by atoms with Crippen molar-refractivity contribution in [1.82, 2.24) is 10.2 Å². The number of anilines is 3. The smallest absolute Gasteiger partial charge is 0.261 e. The summed E-state index contributed by atoms with van der Waals surface area (Å²) in [7, 11) is 0. The molecule has 3 aliphatic heterocycles. The fraction of sp³-hybridized carbons (Fsp3) is 0.500. The molecule has 242 valence electrons. The van der Waals surface area contributed by atoms with E-state index in [2.05, 4.69) is 10.6 Å².